The van der Waals surface area contributed by atoms with Gasteiger partial charge in [0.2, 0.25) is 0 Å². The molecule has 0 spiro atoms. The first-order valence-corrected chi connectivity index (χ1v) is 10.9. The van der Waals surface area contributed by atoms with Crippen LogP contribution >= 0.6 is 0 Å². The molecule has 2 saturated carbocycles. The molecule has 0 amide bonds. The molecule has 0 radical (unpaired) electrons. The number of carbonyl (C=O) groups is 1. The van der Waals surface area contributed by atoms with Crippen molar-refractivity contribution in [3.05, 3.63) is 0 Å². The molecule has 2 fully saturated rings. The Kier molecular flexibility index (Phi) is 9.20. The van der Waals surface area contributed by atoms with E-state index in [1.54, 1.807) is 6.42 Å². The molecule has 0 aliphatic heterocycles. The lowest BCUT2D eigenvalue weighted by Gasteiger charge is -2.45. The van der Waals surface area contributed by atoms with Crippen LogP contribution < -0.4 is 0 Å². The second-order valence-electron chi connectivity index (χ2n) is 8.63. The van der Waals surface area contributed by atoms with E-state index >= 15 is 0 Å². The third-order valence-corrected chi connectivity index (χ3v) is 6.90. The molecule has 0 aromatic rings. The fourth-order valence-electron chi connectivity index (χ4n) is 4.92. The first kappa shape index (κ1) is 19.8. The zero-order chi connectivity index (χ0) is 17.2. The van der Waals surface area contributed by atoms with Crippen molar-refractivity contribution in [2.24, 2.45) is 23.7 Å². The second kappa shape index (κ2) is 11.2. The molecule has 2 nitrogen and oxygen atoms in total. The van der Waals surface area contributed by atoms with Gasteiger partial charge in [-0.3, -0.25) is 4.79 Å². The van der Waals surface area contributed by atoms with Crippen molar-refractivity contribution in [2.45, 2.75) is 110 Å². The minimum atomic E-state index is -0.642. The van der Waals surface area contributed by atoms with Gasteiger partial charge in [0.1, 0.15) is 0 Å². The summed E-state index contributed by atoms with van der Waals surface area (Å²) in [5, 5.41) is 8.63. The molecule has 2 heteroatoms. The van der Waals surface area contributed by atoms with Crippen LogP contribution in [0.2, 0.25) is 0 Å². The maximum absolute atomic E-state index is 10.5. The van der Waals surface area contributed by atoms with Gasteiger partial charge in [-0.15, -0.1) is 0 Å². The molecule has 140 valence electrons. The molecule has 2 aliphatic rings. The predicted octanol–water partition coefficient (Wildman–Crippen LogP) is 6.82. The Hall–Kier alpha value is -0.530. The van der Waals surface area contributed by atoms with Crippen LogP contribution in [0.3, 0.4) is 0 Å². The topological polar surface area (TPSA) is 37.3 Å². The standard InChI is InChI=1S/C22H40O2/c1-2-3-7-10-18-13-15-20(18)17-21-16-14-19(21)11-8-5-4-6-9-12-22(23)24/h18-21H,2-17H2,1H3,(H,23,24)/t18-,19-,20-,21?/m1/s1. The zero-order valence-corrected chi connectivity index (χ0v) is 16.0. The van der Waals surface area contributed by atoms with Crippen LogP contribution in [0.4, 0.5) is 0 Å². The van der Waals surface area contributed by atoms with Crippen molar-refractivity contribution in [3.63, 3.8) is 0 Å². The van der Waals surface area contributed by atoms with Gasteiger partial charge >= 0.3 is 5.97 Å². The quantitative estimate of drug-likeness (QED) is 0.353. The van der Waals surface area contributed by atoms with Crippen LogP contribution in [0.1, 0.15) is 110 Å². The Morgan fingerprint density at radius 3 is 1.75 bits per heavy atom. The zero-order valence-electron chi connectivity index (χ0n) is 16.0. The Morgan fingerprint density at radius 2 is 1.25 bits per heavy atom. The van der Waals surface area contributed by atoms with Crippen LogP contribution in [0, 0.1) is 23.7 Å². The number of hydrogen-bond donors (Lipinski definition) is 1. The van der Waals surface area contributed by atoms with Crippen LogP contribution in [0.5, 0.6) is 0 Å². The summed E-state index contributed by atoms with van der Waals surface area (Å²) in [6.07, 6.45) is 21.0. The SMILES string of the molecule is CCCCC[C@@H]1CC[C@@H]1CC1CC[C@H]1CCCCCCCC(=O)O. The molecule has 2 rings (SSSR count). The highest BCUT2D eigenvalue weighted by molar-refractivity contribution is 5.66. The third kappa shape index (κ3) is 6.76. The van der Waals surface area contributed by atoms with E-state index in [2.05, 4.69) is 6.92 Å². The number of rotatable bonds is 14. The average Bonchev–Trinajstić information content (AvgIpc) is 2.51. The normalized spacial score (nSPS) is 29.0. The Morgan fingerprint density at radius 1 is 0.750 bits per heavy atom. The van der Waals surface area contributed by atoms with E-state index in [0.29, 0.717) is 6.42 Å². The number of aliphatic carboxylic acids is 1. The number of unbranched alkanes of at least 4 members (excludes halogenated alkanes) is 6. The molecule has 1 N–H and O–H groups in total. The Bertz CT molecular complexity index is 352. The van der Waals surface area contributed by atoms with Crippen molar-refractivity contribution < 1.29 is 9.90 Å². The molecule has 0 aromatic heterocycles. The minimum Gasteiger partial charge on any atom is -0.481 e. The molecule has 0 bridgehead atoms. The van der Waals surface area contributed by atoms with E-state index in [1.165, 1.54) is 77.0 Å². The van der Waals surface area contributed by atoms with Gasteiger partial charge in [-0.25, -0.2) is 0 Å². The highest BCUT2D eigenvalue weighted by Crippen LogP contribution is 2.48. The van der Waals surface area contributed by atoms with Crippen LogP contribution in [-0.4, -0.2) is 11.1 Å². The van der Waals surface area contributed by atoms with Crippen molar-refractivity contribution in [1.29, 1.82) is 0 Å². The van der Waals surface area contributed by atoms with Crippen LogP contribution in [-0.2, 0) is 4.79 Å². The van der Waals surface area contributed by atoms with Gasteiger partial charge in [0, 0.05) is 6.42 Å². The average molecular weight is 337 g/mol. The van der Waals surface area contributed by atoms with Gasteiger partial charge in [-0.2, -0.15) is 0 Å². The number of carboxylic acids is 1. The van der Waals surface area contributed by atoms with Crippen molar-refractivity contribution in [1.82, 2.24) is 0 Å². The lowest BCUT2D eigenvalue weighted by molar-refractivity contribution is -0.137. The van der Waals surface area contributed by atoms with E-state index < -0.39 is 5.97 Å². The van der Waals surface area contributed by atoms with Gasteiger partial charge in [-0.1, -0.05) is 64.7 Å². The monoisotopic (exact) mass is 336 g/mol. The van der Waals surface area contributed by atoms with E-state index in [9.17, 15) is 4.79 Å². The largest absolute Gasteiger partial charge is 0.481 e. The number of carboxylic acid groups (broad SMARTS) is 1. The molecule has 2 aliphatic carbocycles. The van der Waals surface area contributed by atoms with Crippen LogP contribution in [0.25, 0.3) is 0 Å². The van der Waals surface area contributed by atoms with Gasteiger partial charge < -0.3 is 5.11 Å². The lowest BCUT2D eigenvalue weighted by Crippen LogP contribution is -2.34. The smallest absolute Gasteiger partial charge is 0.303 e. The molecule has 1 unspecified atom stereocenters. The van der Waals surface area contributed by atoms with E-state index in [0.717, 1.165) is 36.5 Å². The first-order valence-electron chi connectivity index (χ1n) is 10.9. The predicted molar refractivity (Wildman–Crippen MR) is 101 cm³/mol. The summed E-state index contributed by atoms with van der Waals surface area (Å²) in [5.74, 6) is 3.59. The van der Waals surface area contributed by atoms with Crippen LogP contribution in [0.15, 0.2) is 0 Å². The lowest BCUT2D eigenvalue weighted by atomic mass is 9.61. The van der Waals surface area contributed by atoms with E-state index in [4.69, 9.17) is 5.11 Å². The summed E-state index contributed by atoms with van der Waals surface area (Å²) in [6, 6.07) is 0. The van der Waals surface area contributed by atoms with Crippen molar-refractivity contribution in [2.75, 3.05) is 0 Å². The minimum absolute atomic E-state index is 0.353. The Balaban J connectivity index is 1.48. The summed E-state index contributed by atoms with van der Waals surface area (Å²) in [7, 11) is 0. The Labute approximate surface area is 149 Å². The fraction of sp³-hybridized carbons (Fsp3) is 0.955. The van der Waals surface area contributed by atoms with Crippen molar-refractivity contribution >= 4 is 5.97 Å². The fourth-order valence-corrected chi connectivity index (χ4v) is 4.92. The maximum Gasteiger partial charge on any atom is 0.303 e. The molecule has 0 saturated heterocycles. The van der Waals surface area contributed by atoms with E-state index in [1.807, 2.05) is 0 Å². The van der Waals surface area contributed by atoms with E-state index in [-0.39, 0.29) is 0 Å². The maximum atomic E-state index is 10.5. The molecule has 0 heterocycles. The summed E-state index contributed by atoms with van der Waals surface area (Å²) >= 11 is 0. The molecule has 4 atom stereocenters. The summed E-state index contributed by atoms with van der Waals surface area (Å²) in [4.78, 5) is 10.5. The van der Waals surface area contributed by atoms with Gasteiger partial charge in [0.05, 0.1) is 0 Å². The molecular formula is C22H40O2. The molecule has 0 aromatic carbocycles. The van der Waals surface area contributed by atoms with Gasteiger partial charge in [-0.05, 0) is 62.2 Å². The molecular weight excluding hydrogens is 296 g/mol. The highest BCUT2D eigenvalue weighted by atomic mass is 16.4. The first-order chi connectivity index (χ1) is 11.7. The molecule has 24 heavy (non-hydrogen) atoms. The summed E-state index contributed by atoms with van der Waals surface area (Å²) < 4.78 is 0. The van der Waals surface area contributed by atoms with Gasteiger partial charge in [0.25, 0.3) is 0 Å². The summed E-state index contributed by atoms with van der Waals surface area (Å²) in [5.41, 5.74) is 0. The second-order valence-corrected chi connectivity index (χ2v) is 8.63. The summed E-state index contributed by atoms with van der Waals surface area (Å²) in [6.45, 7) is 2.31. The third-order valence-electron chi connectivity index (χ3n) is 6.90. The number of hydrogen-bond acceptors (Lipinski definition) is 1. The van der Waals surface area contributed by atoms with Gasteiger partial charge in [0.15, 0.2) is 0 Å². The highest BCUT2D eigenvalue weighted by Gasteiger charge is 2.37. The van der Waals surface area contributed by atoms with Crippen molar-refractivity contribution in [3.8, 4) is 0 Å².